The van der Waals surface area contributed by atoms with E-state index >= 15 is 0 Å². The molecule has 0 spiro atoms. The maximum atomic E-state index is 13.7. The fraction of sp³-hybridized carbons (Fsp3) is 0.387. The zero-order valence-electron chi connectivity index (χ0n) is 23.3. The lowest BCUT2D eigenvalue weighted by Crippen LogP contribution is -2.41. The number of hydrogen-bond donors (Lipinski definition) is 1. The maximum Gasteiger partial charge on any atom is 0.264 e. The van der Waals surface area contributed by atoms with Crippen LogP contribution < -0.4 is 19.3 Å². The van der Waals surface area contributed by atoms with E-state index in [1.807, 2.05) is 45.0 Å². The smallest absolute Gasteiger partial charge is 0.264 e. The summed E-state index contributed by atoms with van der Waals surface area (Å²) in [4.78, 5) is 15.7. The molecule has 0 saturated carbocycles. The fourth-order valence-electron chi connectivity index (χ4n) is 4.77. The average Bonchev–Trinajstić information content (AvgIpc) is 2.93. The number of hydrogen-bond acceptors (Lipinski definition) is 5. The van der Waals surface area contributed by atoms with Crippen molar-refractivity contribution >= 4 is 27.3 Å². The van der Waals surface area contributed by atoms with Gasteiger partial charge in [0, 0.05) is 18.8 Å². The fourth-order valence-corrected chi connectivity index (χ4v) is 6.19. The van der Waals surface area contributed by atoms with Crippen molar-refractivity contribution in [1.29, 1.82) is 0 Å². The minimum atomic E-state index is -4.00. The molecule has 1 aliphatic heterocycles. The lowest BCUT2D eigenvalue weighted by molar-refractivity contribution is -0.120. The normalized spacial score (nSPS) is 15.0. The number of ether oxygens (including phenoxy) is 1. The number of sulfonamides is 1. The van der Waals surface area contributed by atoms with E-state index in [9.17, 15) is 13.2 Å². The molecule has 39 heavy (non-hydrogen) atoms. The van der Waals surface area contributed by atoms with Gasteiger partial charge in [0.1, 0.15) is 12.3 Å². The third-order valence-corrected chi connectivity index (χ3v) is 9.04. The van der Waals surface area contributed by atoms with Crippen LogP contribution in [0.15, 0.2) is 77.7 Å². The quantitative estimate of drug-likeness (QED) is 0.351. The highest BCUT2D eigenvalue weighted by Crippen LogP contribution is 2.27. The van der Waals surface area contributed by atoms with Crippen molar-refractivity contribution in [2.45, 2.75) is 51.5 Å². The summed E-state index contributed by atoms with van der Waals surface area (Å²) in [7, 11) is -4.00. The molecule has 1 saturated heterocycles. The Labute approximate surface area is 232 Å². The molecular weight excluding hydrogens is 510 g/mol. The van der Waals surface area contributed by atoms with Gasteiger partial charge in [0.05, 0.1) is 23.2 Å². The monoisotopic (exact) mass is 549 g/mol. The Balaban J connectivity index is 1.49. The molecule has 4 rings (SSSR count). The molecule has 1 heterocycles. The van der Waals surface area contributed by atoms with Gasteiger partial charge in [0.15, 0.2) is 0 Å². The van der Waals surface area contributed by atoms with Crippen LogP contribution in [0.25, 0.3) is 0 Å². The van der Waals surface area contributed by atoms with Crippen LogP contribution in [-0.4, -0.2) is 40.6 Å². The van der Waals surface area contributed by atoms with Crippen molar-refractivity contribution in [2.24, 2.45) is 5.92 Å². The van der Waals surface area contributed by atoms with E-state index < -0.39 is 10.0 Å². The van der Waals surface area contributed by atoms with Crippen LogP contribution in [0.5, 0.6) is 5.75 Å². The molecule has 3 aromatic carbocycles. The molecule has 208 valence electrons. The van der Waals surface area contributed by atoms with Gasteiger partial charge < -0.3 is 15.0 Å². The van der Waals surface area contributed by atoms with E-state index in [2.05, 4.69) is 29.3 Å². The number of piperidine rings is 1. The zero-order chi connectivity index (χ0) is 28.0. The lowest BCUT2D eigenvalue weighted by Gasteiger charge is -2.32. The van der Waals surface area contributed by atoms with E-state index in [0.717, 1.165) is 34.4 Å². The van der Waals surface area contributed by atoms with Crippen molar-refractivity contribution < 1.29 is 17.9 Å². The minimum absolute atomic E-state index is 0.0927. The second-order valence-electron chi connectivity index (χ2n) is 10.3. The third-order valence-electron chi connectivity index (χ3n) is 7.25. The van der Waals surface area contributed by atoms with Gasteiger partial charge in [-0.1, -0.05) is 36.8 Å². The van der Waals surface area contributed by atoms with Crippen molar-refractivity contribution in [3.05, 3.63) is 83.9 Å². The molecule has 1 fully saturated rings. The number of amides is 1. The Morgan fingerprint density at radius 2 is 1.62 bits per heavy atom. The predicted molar refractivity (Wildman–Crippen MR) is 157 cm³/mol. The largest absolute Gasteiger partial charge is 0.494 e. The molecule has 3 aromatic rings. The van der Waals surface area contributed by atoms with Gasteiger partial charge in [-0.3, -0.25) is 9.10 Å². The first-order valence-corrected chi connectivity index (χ1v) is 15.1. The zero-order valence-corrected chi connectivity index (χ0v) is 24.1. The standard InChI is InChI=1S/C31H39N3O4S/c1-5-38-29-14-16-30(17-15-29)39(36,37)34(28-10-6-23(2)7-11-28)22-31(35)32-25(4)26-8-12-27(13-9-26)33-20-18-24(3)19-21-33/h6-17,24-25H,5,18-22H2,1-4H3,(H,32,35). The van der Waals surface area contributed by atoms with Crippen LogP contribution in [0.3, 0.4) is 0 Å². The SMILES string of the molecule is CCOc1ccc(S(=O)(=O)N(CC(=O)NC(C)c2ccc(N3CCC(C)CC3)cc2)c2ccc(C)cc2)cc1. The predicted octanol–water partition coefficient (Wildman–Crippen LogP) is 5.70. The number of carbonyl (C=O) groups is 1. The molecule has 1 N–H and O–H groups in total. The highest BCUT2D eigenvalue weighted by Gasteiger charge is 2.28. The molecule has 8 heteroatoms. The number of nitrogens with one attached hydrogen (secondary N) is 1. The number of carbonyl (C=O) groups excluding carboxylic acids is 1. The second kappa shape index (κ2) is 12.6. The Kier molecular flexibility index (Phi) is 9.17. The van der Waals surface area contributed by atoms with Crippen LogP contribution in [0.1, 0.15) is 50.8 Å². The van der Waals surface area contributed by atoms with E-state index in [1.165, 1.54) is 30.7 Å². The third kappa shape index (κ3) is 7.12. The van der Waals surface area contributed by atoms with Crippen molar-refractivity contribution in [3.63, 3.8) is 0 Å². The number of rotatable bonds is 10. The Hall–Kier alpha value is -3.52. The van der Waals surface area contributed by atoms with Gasteiger partial charge in [0.2, 0.25) is 5.91 Å². The molecule has 1 aliphatic rings. The van der Waals surface area contributed by atoms with Gasteiger partial charge in [-0.25, -0.2) is 8.42 Å². The van der Waals surface area contributed by atoms with E-state index in [-0.39, 0.29) is 23.4 Å². The van der Waals surface area contributed by atoms with E-state index in [4.69, 9.17) is 4.74 Å². The molecule has 0 radical (unpaired) electrons. The van der Waals surface area contributed by atoms with Gasteiger partial charge in [-0.05, 0) is 93.6 Å². The van der Waals surface area contributed by atoms with Gasteiger partial charge in [-0.15, -0.1) is 0 Å². The summed E-state index contributed by atoms with van der Waals surface area (Å²) in [6.45, 7) is 10.3. The van der Waals surface area contributed by atoms with Crippen LogP contribution in [-0.2, 0) is 14.8 Å². The van der Waals surface area contributed by atoms with E-state index in [0.29, 0.717) is 18.0 Å². The van der Waals surface area contributed by atoms with Crippen molar-refractivity contribution in [1.82, 2.24) is 5.32 Å². The number of benzene rings is 3. The molecule has 7 nitrogen and oxygen atoms in total. The number of aryl methyl sites for hydroxylation is 1. The maximum absolute atomic E-state index is 13.7. The summed E-state index contributed by atoms with van der Waals surface area (Å²) < 4.78 is 34.0. The molecule has 1 unspecified atom stereocenters. The summed E-state index contributed by atoms with van der Waals surface area (Å²) in [5.41, 5.74) is 3.58. The first-order chi connectivity index (χ1) is 18.7. The minimum Gasteiger partial charge on any atom is -0.494 e. The molecular formula is C31H39N3O4S. The highest BCUT2D eigenvalue weighted by molar-refractivity contribution is 7.92. The lowest BCUT2D eigenvalue weighted by atomic mass is 9.98. The van der Waals surface area contributed by atoms with E-state index in [1.54, 1.807) is 24.3 Å². The molecule has 1 atom stereocenters. The van der Waals surface area contributed by atoms with Gasteiger partial charge >= 0.3 is 0 Å². The van der Waals surface area contributed by atoms with Gasteiger partial charge in [-0.2, -0.15) is 0 Å². The summed E-state index contributed by atoms with van der Waals surface area (Å²) in [5, 5.41) is 2.98. The van der Waals surface area contributed by atoms with Crippen LogP contribution in [0.2, 0.25) is 0 Å². The van der Waals surface area contributed by atoms with Crippen LogP contribution >= 0.6 is 0 Å². The second-order valence-corrected chi connectivity index (χ2v) is 12.2. The molecule has 0 aromatic heterocycles. The van der Waals surface area contributed by atoms with Gasteiger partial charge in [0.25, 0.3) is 10.0 Å². The Bertz CT molecular complexity index is 1330. The van der Waals surface area contributed by atoms with Crippen molar-refractivity contribution in [2.75, 3.05) is 35.4 Å². The first-order valence-electron chi connectivity index (χ1n) is 13.6. The summed E-state index contributed by atoms with van der Waals surface area (Å²) in [5.74, 6) is 0.978. The molecule has 1 amide bonds. The number of nitrogens with zero attached hydrogens (tertiary/aromatic N) is 2. The first kappa shape index (κ1) is 28.5. The van der Waals surface area contributed by atoms with Crippen LogP contribution in [0, 0.1) is 12.8 Å². The Morgan fingerprint density at radius 3 is 2.21 bits per heavy atom. The summed E-state index contributed by atoms with van der Waals surface area (Å²) in [6.07, 6.45) is 2.40. The van der Waals surface area contributed by atoms with Crippen molar-refractivity contribution in [3.8, 4) is 5.75 Å². The topological polar surface area (TPSA) is 79.0 Å². The number of anilines is 2. The molecule has 0 aliphatic carbocycles. The highest BCUT2D eigenvalue weighted by atomic mass is 32.2. The van der Waals surface area contributed by atoms with Crippen LogP contribution in [0.4, 0.5) is 11.4 Å². The summed E-state index contributed by atoms with van der Waals surface area (Å²) >= 11 is 0. The summed E-state index contributed by atoms with van der Waals surface area (Å²) in [6, 6.07) is 21.4. The Morgan fingerprint density at radius 1 is 1.00 bits per heavy atom. The average molecular weight is 550 g/mol. The molecule has 0 bridgehead atoms.